The van der Waals surface area contributed by atoms with Gasteiger partial charge in [0.15, 0.2) is 0 Å². The minimum absolute atomic E-state index is 0.679. The molecule has 0 rings (SSSR count). The molecule has 0 aromatic carbocycles. The smallest absolute Gasteiger partial charge is 0.0177 e. The van der Waals surface area contributed by atoms with Crippen LogP contribution in [0.5, 0.6) is 0 Å². The highest BCUT2D eigenvalue weighted by atomic mass is 15.1. The molecule has 126 valence electrons. The van der Waals surface area contributed by atoms with Crippen molar-refractivity contribution < 1.29 is 0 Å². The largest absolute Gasteiger partial charge is 0.375 e. The predicted molar refractivity (Wildman–Crippen MR) is 97.5 cm³/mol. The standard InChI is InChI=1S/C20H41N/c1-8-12-13-20(18(6)11-4)19(7)21(15-9-2)16-14-17(5)10-3/h17-18,20H,7-16H2,1-6H3. The molecule has 1 heteroatoms. The van der Waals surface area contributed by atoms with Crippen molar-refractivity contribution in [3.05, 3.63) is 12.3 Å². The van der Waals surface area contributed by atoms with Crippen molar-refractivity contribution in [2.45, 2.75) is 86.5 Å². The van der Waals surface area contributed by atoms with Crippen LogP contribution in [0.25, 0.3) is 0 Å². The molecule has 1 nitrogen and oxygen atoms in total. The van der Waals surface area contributed by atoms with E-state index in [0.29, 0.717) is 5.92 Å². The van der Waals surface area contributed by atoms with Gasteiger partial charge in [-0.05, 0) is 31.1 Å². The van der Waals surface area contributed by atoms with Gasteiger partial charge in [0, 0.05) is 24.7 Å². The maximum atomic E-state index is 4.53. The summed E-state index contributed by atoms with van der Waals surface area (Å²) in [6, 6.07) is 0. The minimum Gasteiger partial charge on any atom is -0.375 e. The molecule has 0 N–H and O–H groups in total. The van der Waals surface area contributed by atoms with E-state index in [1.807, 2.05) is 0 Å². The Kier molecular flexibility index (Phi) is 11.9. The lowest BCUT2D eigenvalue weighted by atomic mass is 9.84. The van der Waals surface area contributed by atoms with Crippen LogP contribution in [0, 0.1) is 17.8 Å². The van der Waals surface area contributed by atoms with Crippen molar-refractivity contribution >= 4 is 0 Å². The Morgan fingerprint density at radius 2 is 1.57 bits per heavy atom. The molecule has 0 saturated heterocycles. The maximum Gasteiger partial charge on any atom is 0.0177 e. The predicted octanol–water partition coefficient (Wildman–Crippen LogP) is 6.50. The van der Waals surface area contributed by atoms with E-state index in [9.17, 15) is 0 Å². The SMILES string of the molecule is C=C(C(CCCC)C(C)CC)N(CCC)CCC(C)CC. The minimum atomic E-state index is 0.679. The molecule has 0 aromatic rings. The Hall–Kier alpha value is -0.460. The van der Waals surface area contributed by atoms with Gasteiger partial charge in [-0.25, -0.2) is 0 Å². The number of hydrogen-bond donors (Lipinski definition) is 0. The highest BCUT2D eigenvalue weighted by molar-refractivity contribution is 5.02. The lowest BCUT2D eigenvalue weighted by molar-refractivity contribution is 0.238. The highest BCUT2D eigenvalue weighted by Crippen LogP contribution is 2.30. The number of rotatable bonds is 13. The molecule has 0 radical (unpaired) electrons. The summed E-state index contributed by atoms with van der Waals surface area (Å²) >= 11 is 0. The summed E-state index contributed by atoms with van der Waals surface area (Å²) < 4.78 is 0. The first-order chi connectivity index (χ1) is 10.0. The average Bonchev–Trinajstić information content (AvgIpc) is 2.50. The van der Waals surface area contributed by atoms with Gasteiger partial charge in [0.05, 0.1) is 0 Å². The molecule has 0 bridgehead atoms. The van der Waals surface area contributed by atoms with Gasteiger partial charge in [0.1, 0.15) is 0 Å². The van der Waals surface area contributed by atoms with Gasteiger partial charge in [0.25, 0.3) is 0 Å². The lowest BCUT2D eigenvalue weighted by Crippen LogP contribution is -2.31. The molecule has 0 aromatic heterocycles. The van der Waals surface area contributed by atoms with E-state index in [0.717, 1.165) is 11.8 Å². The molecule has 0 aliphatic rings. The van der Waals surface area contributed by atoms with E-state index >= 15 is 0 Å². The third kappa shape index (κ3) is 7.93. The molecular weight excluding hydrogens is 254 g/mol. The van der Waals surface area contributed by atoms with Gasteiger partial charge >= 0.3 is 0 Å². The number of allylic oxidation sites excluding steroid dienone is 1. The van der Waals surface area contributed by atoms with Crippen LogP contribution in [0.1, 0.15) is 86.5 Å². The van der Waals surface area contributed by atoms with Gasteiger partial charge in [0.2, 0.25) is 0 Å². The Morgan fingerprint density at radius 3 is 2.05 bits per heavy atom. The van der Waals surface area contributed by atoms with Gasteiger partial charge in [-0.2, -0.15) is 0 Å². The zero-order valence-corrected chi connectivity index (χ0v) is 15.8. The molecular formula is C20H41N. The van der Waals surface area contributed by atoms with Crippen LogP contribution in [-0.4, -0.2) is 18.0 Å². The first-order valence-electron chi connectivity index (χ1n) is 9.45. The molecule has 0 aliphatic heterocycles. The highest BCUT2D eigenvalue weighted by Gasteiger charge is 2.22. The summed E-state index contributed by atoms with van der Waals surface area (Å²) in [6.07, 6.45) is 9.01. The summed E-state index contributed by atoms with van der Waals surface area (Å²) in [6.45, 7) is 20.9. The first-order valence-corrected chi connectivity index (χ1v) is 9.45. The van der Waals surface area contributed by atoms with Crippen molar-refractivity contribution in [1.29, 1.82) is 0 Å². The van der Waals surface area contributed by atoms with E-state index < -0.39 is 0 Å². The van der Waals surface area contributed by atoms with Gasteiger partial charge in [-0.15, -0.1) is 0 Å². The van der Waals surface area contributed by atoms with E-state index in [4.69, 9.17) is 0 Å². The Labute approximate surface area is 135 Å². The van der Waals surface area contributed by atoms with E-state index in [2.05, 4.69) is 53.0 Å². The van der Waals surface area contributed by atoms with Gasteiger partial charge in [-0.3, -0.25) is 0 Å². The zero-order valence-electron chi connectivity index (χ0n) is 15.8. The fraction of sp³-hybridized carbons (Fsp3) is 0.900. The second kappa shape index (κ2) is 12.1. The summed E-state index contributed by atoms with van der Waals surface area (Å²) in [5, 5.41) is 0. The second-order valence-electron chi connectivity index (χ2n) is 6.91. The van der Waals surface area contributed by atoms with Crippen molar-refractivity contribution in [1.82, 2.24) is 4.90 Å². The van der Waals surface area contributed by atoms with Crippen molar-refractivity contribution in [3.63, 3.8) is 0 Å². The summed E-state index contributed by atoms with van der Waals surface area (Å²) in [5.74, 6) is 2.26. The first kappa shape index (κ1) is 20.5. The fourth-order valence-corrected chi connectivity index (χ4v) is 2.97. The summed E-state index contributed by atoms with van der Waals surface area (Å²) in [4.78, 5) is 2.60. The second-order valence-corrected chi connectivity index (χ2v) is 6.91. The van der Waals surface area contributed by atoms with Crippen molar-refractivity contribution in [3.8, 4) is 0 Å². The van der Waals surface area contributed by atoms with Gasteiger partial charge in [-0.1, -0.05) is 73.8 Å². The van der Waals surface area contributed by atoms with E-state index in [1.165, 1.54) is 63.7 Å². The topological polar surface area (TPSA) is 3.24 Å². The Bertz CT molecular complexity index is 259. The van der Waals surface area contributed by atoms with Crippen LogP contribution < -0.4 is 0 Å². The quantitative estimate of drug-likeness (QED) is 0.375. The molecule has 0 heterocycles. The zero-order chi connectivity index (χ0) is 16.3. The Balaban J connectivity index is 4.76. The number of unbranched alkanes of at least 4 members (excludes halogenated alkanes) is 1. The Morgan fingerprint density at radius 1 is 0.905 bits per heavy atom. The van der Waals surface area contributed by atoms with Crippen molar-refractivity contribution in [2.75, 3.05) is 13.1 Å². The molecule has 0 spiro atoms. The maximum absolute atomic E-state index is 4.53. The van der Waals surface area contributed by atoms with E-state index in [-0.39, 0.29) is 0 Å². The molecule has 3 atom stereocenters. The fourth-order valence-electron chi connectivity index (χ4n) is 2.97. The third-order valence-corrected chi connectivity index (χ3v) is 5.12. The van der Waals surface area contributed by atoms with Crippen LogP contribution in [0.3, 0.4) is 0 Å². The van der Waals surface area contributed by atoms with Crippen molar-refractivity contribution in [2.24, 2.45) is 17.8 Å². The molecule has 0 saturated carbocycles. The number of nitrogens with zero attached hydrogens (tertiary/aromatic N) is 1. The summed E-state index contributed by atoms with van der Waals surface area (Å²) in [7, 11) is 0. The average molecular weight is 296 g/mol. The molecule has 21 heavy (non-hydrogen) atoms. The van der Waals surface area contributed by atoms with Crippen LogP contribution >= 0.6 is 0 Å². The molecule has 3 unspecified atom stereocenters. The van der Waals surface area contributed by atoms with Crippen LogP contribution in [-0.2, 0) is 0 Å². The molecule has 0 amide bonds. The summed E-state index contributed by atoms with van der Waals surface area (Å²) in [5.41, 5.74) is 1.42. The van der Waals surface area contributed by atoms with E-state index in [1.54, 1.807) is 0 Å². The van der Waals surface area contributed by atoms with Crippen LogP contribution in [0.15, 0.2) is 12.3 Å². The normalized spacial score (nSPS) is 15.5. The van der Waals surface area contributed by atoms with Crippen LogP contribution in [0.2, 0.25) is 0 Å². The molecule has 0 fully saturated rings. The molecule has 0 aliphatic carbocycles. The number of hydrogen-bond acceptors (Lipinski definition) is 1. The monoisotopic (exact) mass is 295 g/mol. The van der Waals surface area contributed by atoms with Crippen LogP contribution in [0.4, 0.5) is 0 Å². The third-order valence-electron chi connectivity index (χ3n) is 5.12. The van der Waals surface area contributed by atoms with Gasteiger partial charge < -0.3 is 4.90 Å². The lowest BCUT2D eigenvalue weighted by Gasteiger charge is -2.35.